The second-order valence-corrected chi connectivity index (χ2v) is 9.24. The number of hydrogen-bond donors (Lipinski definition) is 1. The lowest BCUT2D eigenvalue weighted by atomic mass is 9.75. The maximum Gasteiger partial charge on any atom is 0.341 e. The fraction of sp³-hybridized carbons (Fsp3) is 0.444. The monoisotopic (exact) mass is 440 g/mol. The van der Waals surface area contributed by atoms with E-state index >= 15 is 0 Å². The zero-order chi connectivity index (χ0) is 23.4. The lowest BCUT2D eigenvalue weighted by Gasteiger charge is -2.42. The van der Waals surface area contributed by atoms with E-state index in [2.05, 4.69) is 44.7 Å². The summed E-state index contributed by atoms with van der Waals surface area (Å²) in [6.45, 7) is 12.0. The Morgan fingerprint density at radius 2 is 1.94 bits per heavy atom. The molecule has 5 heteroatoms. The Kier molecular flexibility index (Phi) is 7.73. The van der Waals surface area contributed by atoms with E-state index in [9.17, 15) is 9.18 Å². The standard InChI is InChI=1S/C27H33FO4/c1-16(2)13-19-9-11-20(12-10-19)23-14-22(17(3)4)26(32-18(23)5)21-7-6-8-24(28)27(21)31-15-25(29)30/h6-12,16,18,22-23,26H,3,13-15H2,1-2,4-5H3,(H,29,30)/t18-,22+,23-,26+/m0/s1. The van der Waals surface area contributed by atoms with Gasteiger partial charge in [0.05, 0.1) is 12.2 Å². The van der Waals surface area contributed by atoms with Crippen LogP contribution in [-0.4, -0.2) is 23.8 Å². The normalized spacial score (nSPS) is 23.2. The van der Waals surface area contributed by atoms with Crippen LogP contribution < -0.4 is 4.74 Å². The van der Waals surface area contributed by atoms with Crippen molar-refractivity contribution < 1.29 is 23.8 Å². The molecule has 4 nitrogen and oxygen atoms in total. The van der Waals surface area contributed by atoms with Crippen molar-refractivity contribution in [1.82, 2.24) is 0 Å². The molecule has 3 rings (SSSR count). The van der Waals surface area contributed by atoms with Gasteiger partial charge in [-0.3, -0.25) is 0 Å². The highest BCUT2D eigenvalue weighted by molar-refractivity contribution is 5.68. The summed E-state index contributed by atoms with van der Waals surface area (Å²) in [6, 6.07) is 13.4. The molecule has 0 aliphatic carbocycles. The van der Waals surface area contributed by atoms with Crippen LogP contribution in [0.3, 0.4) is 0 Å². The minimum absolute atomic E-state index is 0.0551. The van der Waals surface area contributed by atoms with E-state index in [4.69, 9.17) is 14.6 Å². The van der Waals surface area contributed by atoms with Crippen LogP contribution in [-0.2, 0) is 16.0 Å². The molecular weight excluding hydrogens is 407 g/mol. The number of halogens is 1. The summed E-state index contributed by atoms with van der Waals surface area (Å²) in [4.78, 5) is 11.0. The van der Waals surface area contributed by atoms with Crippen LogP contribution in [0.25, 0.3) is 0 Å². The fourth-order valence-electron chi connectivity index (χ4n) is 4.57. The van der Waals surface area contributed by atoms with E-state index in [-0.39, 0.29) is 23.7 Å². The summed E-state index contributed by atoms with van der Waals surface area (Å²) >= 11 is 0. The Bertz CT molecular complexity index is 951. The Balaban J connectivity index is 1.88. The van der Waals surface area contributed by atoms with Crippen LogP contribution in [0.4, 0.5) is 4.39 Å². The first-order valence-electron chi connectivity index (χ1n) is 11.2. The first-order valence-corrected chi connectivity index (χ1v) is 11.2. The molecule has 0 unspecified atom stereocenters. The van der Waals surface area contributed by atoms with E-state index < -0.39 is 24.5 Å². The summed E-state index contributed by atoms with van der Waals surface area (Å²) in [5.74, 6) is -1.08. The molecule has 0 bridgehead atoms. The summed E-state index contributed by atoms with van der Waals surface area (Å²) < 4.78 is 26.3. The molecule has 32 heavy (non-hydrogen) atoms. The second-order valence-electron chi connectivity index (χ2n) is 9.24. The van der Waals surface area contributed by atoms with Gasteiger partial charge in [-0.1, -0.05) is 62.4 Å². The van der Waals surface area contributed by atoms with Gasteiger partial charge in [0, 0.05) is 17.4 Å². The average molecular weight is 441 g/mol. The molecule has 0 amide bonds. The summed E-state index contributed by atoms with van der Waals surface area (Å²) in [5, 5.41) is 8.98. The van der Waals surface area contributed by atoms with Gasteiger partial charge in [-0.15, -0.1) is 0 Å². The highest BCUT2D eigenvalue weighted by Crippen LogP contribution is 2.48. The van der Waals surface area contributed by atoms with Crippen LogP contribution in [0.1, 0.15) is 62.8 Å². The molecule has 1 aliphatic rings. The Labute approximate surface area is 190 Å². The van der Waals surface area contributed by atoms with Crippen molar-refractivity contribution in [2.24, 2.45) is 11.8 Å². The van der Waals surface area contributed by atoms with Crippen molar-refractivity contribution in [3.63, 3.8) is 0 Å². The minimum Gasteiger partial charge on any atom is -0.479 e. The van der Waals surface area contributed by atoms with Crippen LogP contribution in [0.5, 0.6) is 5.75 Å². The predicted octanol–water partition coefficient (Wildman–Crippen LogP) is 6.31. The average Bonchev–Trinajstić information content (AvgIpc) is 2.72. The van der Waals surface area contributed by atoms with Crippen LogP contribution in [0.2, 0.25) is 0 Å². The largest absolute Gasteiger partial charge is 0.479 e. The van der Waals surface area contributed by atoms with Crippen molar-refractivity contribution in [2.45, 2.75) is 58.7 Å². The molecule has 4 atom stereocenters. The van der Waals surface area contributed by atoms with Gasteiger partial charge < -0.3 is 14.6 Å². The number of para-hydroxylation sites is 1. The number of hydrogen-bond acceptors (Lipinski definition) is 3. The molecule has 0 radical (unpaired) electrons. The maximum atomic E-state index is 14.6. The molecule has 1 heterocycles. The molecule has 0 saturated carbocycles. The molecule has 0 aromatic heterocycles. The van der Waals surface area contributed by atoms with Crippen LogP contribution in [0, 0.1) is 17.7 Å². The second kappa shape index (κ2) is 10.3. The van der Waals surface area contributed by atoms with Crippen molar-refractivity contribution in [3.05, 3.63) is 77.1 Å². The van der Waals surface area contributed by atoms with Gasteiger partial charge in [-0.2, -0.15) is 0 Å². The molecule has 1 saturated heterocycles. The zero-order valence-electron chi connectivity index (χ0n) is 19.3. The quantitative estimate of drug-likeness (QED) is 0.489. The fourth-order valence-corrected chi connectivity index (χ4v) is 4.57. The van der Waals surface area contributed by atoms with Crippen molar-refractivity contribution in [3.8, 4) is 5.75 Å². The molecule has 2 aromatic rings. The molecular formula is C27H33FO4. The van der Waals surface area contributed by atoms with E-state index in [1.165, 1.54) is 17.2 Å². The Hall–Kier alpha value is -2.66. The number of benzene rings is 2. The maximum absolute atomic E-state index is 14.6. The number of ether oxygens (including phenoxy) is 2. The molecule has 2 aromatic carbocycles. The Morgan fingerprint density at radius 3 is 2.53 bits per heavy atom. The van der Waals surface area contributed by atoms with Crippen LogP contribution in [0.15, 0.2) is 54.6 Å². The number of carboxylic acid groups (broad SMARTS) is 1. The molecule has 1 aliphatic heterocycles. The molecule has 0 spiro atoms. The third-order valence-corrected chi connectivity index (χ3v) is 6.13. The van der Waals surface area contributed by atoms with E-state index in [0.717, 1.165) is 18.4 Å². The highest BCUT2D eigenvalue weighted by atomic mass is 19.1. The number of rotatable bonds is 8. The van der Waals surface area contributed by atoms with Gasteiger partial charge in [-0.25, -0.2) is 9.18 Å². The molecule has 172 valence electrons. The van der Waals surface area contributed by atoms with Crippen molar-refractivity contribution >= 4 is 5.97 Å². The lowest BCUT2D eigenvalue weighted by molar-refractivity contribution is -0.139. The van der Waals surface area contributed by atoms with Gasteiger partial charge in [0.25, 0.3) is 0 Å². The first kappa shape index (κ1) is 24.0. The summed E-state index contributed by atoms with van der Waals surface area (Å²) in [7, 11) is 0. The Morgan fingerprint density at radius 1 is 1.25 bits per heavy atom. The number of carbonyl (C=O) groups is 1. The van der Waals surface area contributed by atoms with Crippen molar-refractivity contribution in [2.75, 3.05) is 6.61 Å². The topological polar surface area (TPSA) is 55.8 Å². The third-order valence-electron chi connectivity index (χ3n) is 6.13. The van der Waals surface area contributed by atoms with E-state index in [1.807, 2.05) is 13.8 Å². The first-order chi connectivity index (χ1) is 15.2. The summed E-state index contributed by atoms with van der Waals surface area (Å²) in [6.07, 6.45) is 1.28. The van der Waals surface area contributed by atoms with Gasteiger partial charge in [0.1, 0.15) is 0 Å². The van der Waals surface area contributed by atoms with Gasteiger partial charge in [0.2, 0.25) is 0 Å². The van der Waals surface area contributed by atoms with E-state index in [0.29, 0.717) is 11.5 Å². The predicted molar refractivity (Wildman–Crippen MR) is 123 cm³/mol. The number of carboxylic acids is 1. The highest BCUT2D eigenvalue weighted by Gasteiger charge is 2.39. The third kappa shape index (κ3) is 5.57. The smallest absolute Gasteiger partial charge is 0.341 e. The van der Waals surface area contributed by atoms with E-state index in [1.54, 1.807) is 12.1 Å². The van der Waals surface area contributed by atoms with Gasteiger partial charge in [0.15, 0.2) is 18.2 Å². The van der Waals surface area contributed by atoms with Gasteiger partial charge >= 0.3 is 5.97 Å². The molecule has 1 fully saturated rings. The van der Waals surface area contributed by atoms with Crippen LogP contribution >= 0.6 is 0 Å². The SMILES string of the molecule is C=C(C)[C@H]1C[C@H](c2ccc(CC(C)C)cc2)[C@H](C)O[C@@H]1c1cccc(F)c1OCC(=O)O. The molecule has 1 N–H and O–H groups in total. The lowest BCUT2D eigenvalue weighted by Crippen LogP contribution is -2.34. The van der Waals surface area contributed by atoms with Gasteiger partial charge in [-0.05, 0) is 49.8 Å². The van der Waals surface area contributed by atoms with Crippen molar-refractivity contribution in [1.29, 1.82) is 0 Å². The number of aliphatic carboxylic acids is 1. The zero-order valence-corrected chi connectivity index (χ0v) is 19.3. The summed E-state index contributed by atoms with van der Waals surface area (Å²) in [5.41, 5.74) is 4.01. The minimum atomic E-state index is -1.16.